The number of carbonyl (C=O) groups excluding carboxylic acids is 2. The molecule has 1 saturated heterocycles. The van der Waals surface area contributed by atoms with Crippen LogP contribution in [0.4, 0.5) is 0 Å². The number of imide groups is 1. The van der Waals surface area contributed by atoms with E-state index in [2.05, 4.69) is 21.0 Å². The fraction of sp³-hybridized carbons (Fsp3) is 0.353. The zero-order valence-electron chi connectivity index (χ0n) is 12.8. The van der Waals surface area contributed by atoms with Crippen molar-refractivity contribution in [2.24, 2.45) is 28.8 Å². The molecule has 2 amide bonds. The van der Waals surface area contributed by atoms with Crippen molar-refractivity contribution in [2.75, 3.05) is 7.11 Å². The summed E-state index contributed by atoms with van der Waals surface area (Å²) in [7, 11) is 1.44. The second kappa shape index (κ2) is 5.44. The minimum absolute atomic E-state index is 0.0922. The predicted octanol–water partition coefficient (Wildman–Crippen LogP) is 2.30. The lowest BCUT2D eigenvalue weighted by Crippen LogP contribution is -2.28. The van der Waals surface area contributed by atoms with Crippen molar-refractivity contribution in [2.45, 2.75) is 6.42 Å². The summed E-state index contributed by atoms with van der Waals surface area (Å²) in [5.41, 5.74) is 0.361. The van der Waals surface area contributed by atoms with Crippen molar-refractivity contribution >= 4 is 34.0 Å². The summed E-state index contributed by atoms with van der Waals surface area (Å²) in [6.07, 6.45) is 6.27. The Balaban J connectivity index is 1.63. The van der Waals surface area contributed by atoms with Crippen molar-refractivity contribution in [3.63, 3.8) is 0 Å². The van der Waals surface area contributed by atoms with Gasteiger partial charge in [-0.15, -0.1) is 0 Å². The number of nitrogens with zero attached hydrogens (tertiary/aromatic N) is 2. The first-order chi connectivity index (χ1) is 11.5. The van der Waals surface area contributed by atoms with Crippen molar-refractivity contribution < 1.29 is 19.4 Å². The van der Waals surface area contributed by atoms with E-state index in [0.29, 0.717) is 10.0 Å². The fourth-order valence-corrected chi connectivity index (χ4v) is 4.42. The molecule has 4 rings (SSSR count). The van der Waals surface area contributed by atoms with Gasteiger partial charge in [-0.3, -0.25) is 9.59 Å². The first kappa shape index (κ1) is 15.4. The molecule has 7 heteroatoms. The molecule has 2 fully saturated rings. The zero-order chi connectivity index (χ0) is 17.0. The normalized spacial score (nSPS) is 30.7. The highest BCUT2D eigenvalue weighted by Gasteiger charge is 2.59. The van der Waals surface area contributed by atoms with Gasteiger partial charge in [-0.1, -0.05) is 28.1 Å². The number of allylic oxidation sites excluding steroid dienone is 2. The largest absolute Gasteiger partial charge is 0.504 e. The number of phenols is 1. The number of aromatic hydroxyl groups is 1. The molecule has 4 atom stereocenters. The van der Waals surface area contributed by atoms with Gasteiger partial charge < -0.3 is 9.84 Å². The first-order valence-electron chi connectivity index (χ1n) is 7.68. The zero-order valence-corrected chi connectivity index (χ0v) is 14.4. The van der Waals surface area contributed by atoms with E-state index in [1.807, 2.05) is 12.2 Å². The van der Waals surface area contributed by atoms with Gasteiger partial charge in [0.15, 0.2) is 11.5 Å². The van der Waals surface area contributed by atoms with Gasteiger partial charge in [-0.2, -0.15) is 10.1 Å². The van der Waals surface area contributed by atoms with E-state index < -0.39 is 0 Å². The molecule has 1 heterocycles. The van der Waals surface area contributed by atoms with E-state index in [9.17, 15) is 14.7 Å². The maximum atomic E-state index is 12.5. The van der Waals surface area contributed by atoms with Gasteiger partial charge in [0, 0.05) is 10.0 Å². The molecule has 1 aromatic carbocycles. The monoisotopic (exact) mass is 390 g/mol. The number of fused-ring (bicyclic) bond motifs is 5. The van der Waals surface area contributed by atoms with Crippen LogP contribution in [-0.4, -0.2) is 35.3 Å². The molecule has 1 saturated carbocycles. The highest BCUT2D eigenvalue weighted by Crippen LogP contribution is 2.52. The highest BCUT2D eigenvalue weighted by molar-refractivity contribution is 9.10. The van der Waals surface area contributed by atoms with Gasteiger partial charge in [0.1, 0.15) is 0 Å². The van der Waals surface area contributed by atoms with E-state index in [1.54, 1.807) is 12.1 Å². The number of methoxy groups -OCH3 is 1. The maximum absolute atomic E-state index is 12.5. The van der Waals surface area contributed by atoms with Crippen LogP contribution < -0.4 is 4.74 Å². The quantitative estimate of drug-likeness (QED) is 0.487. The molecule has 4 unspecified atom stereocenters. The Morgan fingerprint density at radius 1 is 1.25 bits per heavy atom. The third kappa shape index (κ3) is 2.11. The summed E-state index contributed by atoms with van der Waals surface area (Å²) < 4.78 is 5.77. The Morgan fingerprint density at radius 3 is 2.46 bits per heavy atom. The van der Waals surface area contributed by atoms with Gasteiger partial charge in [-0.25, -0.2) is 0 Å². The molecule has 1 N–H and O–H groups in total. The molecule has 2 aliphatic carbocycles. The molecule has 0 aromatic heterocycles. The van der Waals surface area contributed by atoms with Crippen molar-refractivity contribution in [1.29, 1.82) is 0 Å². The standard InChI is InChI=1S/C17H15BrN2O4/c1-24-12-6-11(18)5-10(15(12)21)7-19-20-16(22)13-8-2-3-9(4-8)14(13)17(20)23/h2-3,5-9,13-14,21H,4H2,1H3/b19-7+. The van der Waals surface area contributed by atoms with Crippen molar-refractivity contribution in [3.05, 3.63) is 34.3 Å². The second-order valence-corrected chi connectivity index (χ2v) is 7.19. The Kier molecular flexibility index (Phi) is 3.49. The van der Waals surface area contributed by atoms with Crippen LogP contribution in [0.2, 0.25) is 0 Å². The van der Waals surface area contributed by atoms with E-state index in [4.69, 9.17) is 4.74 Å². The smallest absolute Gasteiger partial charge is 0.254 e. The summed E-state index contributed by atoms with van der Waals surface area (Å²) in [5, 5.41) is 15.1. The predicted molar refractivity (Wildman–Crippen MR) is 89.5 cm³/mol. The molecule has 3 aliphatic rings. The minimum Gasteiger partial charge on any atom is -0.504 e. The first-order valence-corrected chi connectivity index (χ1v) is 8.47. The van der Waals surface area contributed by atoms with Gasteiger partial charge in [0.05, 0.1) is 25.2 Å². The number of amides is 2. The molecule has 0 spiro atoms. The van der Waals surface area contributed by atoms with Gasteiger partial charge in [0.2, 0.25) is 0 Å². The summed E-state index contributed by atoms with van der Waals surface area (Å²) in [6, 6.07) is 3.26. The Bertz CT molecular complexity index is 774. The van der Waals surface area contributed by atoms with Crippen LogP contribution in [0.3, 0.4) is 0 Å². The van der Waals surface area contributed by atoms with Crippen LogP contribution in [0.5, 0.6) is 11.5 Å². The van der Waals surface area contributed by atoms with E-state index in [1.165, 1.54) is 13.3 Å². The van der Waals surface area contributed by atoms with Gasteiger partial charge in [0.25, 0.3) is 11.8 Å². The lowest BCUT2D eigenvalue weighted by atomic mass is 9.85. The molecule has 24 heavy (non-hydrogen) atoms. The molecular formula is C17H15BrN2O4. The number of halogens is 1. The number of rotatable bonds is 3. The van der Waals surface area contributed by atoms with Crippen molar-refractivity contribution in [1.82, 2.24) is 5.01 Å². The molecule has 1 aliphatic heterocycles. The summed E-state index contributed by atoms with van der Waals surface area (Å²) in [5.74, 6) is -0.578. The van der Waals surface area contributed by atoms with E-state index >= 15 is 0 Å². The number of hydrogen-bond donors (Lipinski definition) is 1. The Labute approximate surface area is 146 Å². The number of phenolic OH excluding ortho intramolecular Hbond substituents is 1. The second-order valence-electron chi connectivity index (χ2n) is 6.28. The molecule has 1 aromatic rings. The number of carbonyl (C=O) groups is 2. The Morgan fingerprint density at radius 2 is 1.88 bits per heavy atom. The van der Waals surface area contributed by atoms with Crippen molar-refractivity contribution in [3.8, 4) is 11.5 Å². The van der Waals surface area contributed by atoms with Crippen LogP contribution >= 0.6 is 15.9 Å². The maximum Gasteiger partial charge on any atom is 0.254 e. The summed E-state index contributed by atoms with van der Waals surface area (Å²) >= 11 is 3.32. The third-order valence-corrected chi connectivity index (χ3v) is 5.51. The summed E-state index contributed by atoms with van der Waals surface area (Å²) in [4.78, 5) is 25.1. The fourth-order valence-electron chi connectivity index (χ4n) is 3.97. The average Bonchev–Trinajstić information content (AvgIpc) is 3.23. The van der Waals surface area contributed by atoms with E-state index in [-0.39, 0.29) is 47.0 Å². The van der Waals surface area contributed by atoms with Crippen LogP contribution in [0.15, 0.2) is 33.9 Å². The number of ether oxygens (including phenoxy) is 1. The topological polar surface area (TPSA) is 79.2 Å². The van der Waals surface area contributed by atoms with Crippen LogP contribution in [-0.2, 0) is 9.59 Å². The SMILES string of the molecule is COc1cc(Br)cc(/C=N/N2C(=O)C3C4C=CC(C4)C3C2=O)c1O. The average molecular weight is 391 g/mol. The van der Waals surface area contributed by atoms with E-state index in [0.717, 1.165) is 11.4 Å². The molecule has 124 valence electrons. The summed E-state index contributed by atoms with van der Waals surface area (Å²) in [6.45, 7) is 0. The lowest BCUT2D eigenvalue weighted by molar-refractivity contribution is -0.140. The number of hydrazone groups is 1. The molecular weight excluding hydrogens is 376 g/mol. The van der Waals surface area contributed by atoms with Crippen LogP contribution in [0, 0.1) is 23.7 Å². The minimum atomic E-state index is -0.282. The lowest BCUT2D eigenvalue weighted by Gasteiger charge is -2.13. The van der Waals surface area contributed by atoms with Gasteiger partial charge in [-0.05, 0) is 30.4 Å². The van der Waals surface area contributed by atoms with Crippen LogP contribution in [0.1, 0.15) is 12.0 Å². The molecule has 2 bridgehead atoms. The number of hydrogen-bond acceptors (Lipinski definition) is 5. The highest BCUT2D eigenvalue weighted by atomic mass is 79.9. The molecule has 6 nitrogen and oxygen atoms in total. The number of benzene rings is 1. The van der Waals surface area contributed by atoms with Crippen LogP contribution in [0.25, 0.3) is 0 Å². The third-order valence-electron chi connectivity index (χ3n) is 5.05. The van der Waals surface area contributed by atoms with Gasteiger partial charge >= 0.3 is 0 Å². The Hall–Kier alpha value is -2.15. The molecule has 0 radical (unpaired) electrons.